The van der Waals surface area contributed by atoms with Crippen LogP contribution in [0, 0.1) is 0 Å². The van der Waals surface area contributed by atoms with E-state index in [0.29, 0.717) is 23.7 Å². The Bertz CT molecular complexity index is 593. The summed E-state index contributed by atoms with van der Waals surface area (Å²) in [5, 5.41) is 21.9. The molecule has 1 rings (SSSR count). The molecule has 0 saturated carbocycles. The maximum absolute atomic E-state index is 11.6. The normalized spacial score (nSPS) is 11.9. The summed E-state index contributed by atoms with van der Waals surface area (Å²) in [6, 6.07) is 0. The Balaban J connectivity index is 2.50. The Morgan fingerprint density at radius 3 is 2.50 bits per heavy atom. The zero-order valence-electron chi connectivity index (χ0n) is 13.9. The van der Waals surface area contributed by atoms with Gasteiger partial charge in [-0.05, 0) is 27.2 Å². The lowest BCUT2D eigenvalue weighted by Crippen LogP contribution is -2.30. The average molecular weight is 338 g/mol. The third kappa shape index (κ3) is 8.18. The number of carbonyl (C=O) groups is 2. The van der Waals surface area contributed by atoms with Crippen LogP contribution >= 0.6 is 0 Å². The van der Waals surface area contributed by atoms with Crippen molar-refractivity contribution in [2.24, 2.45) is 5.10 Å². The van der Waals surface area contributed by atoms with E-state index in [1.54, 1.807) is 6.92 Å². The molecule has 1 aromatic rings. The maximum Gasteiger partial charge on any atom is 0.303 e. The number of carboxylic acid groups (broad SMARTS) is 1. The molecule has 132 valence electrons. The molecule has 3 N–H and O–H groups in total. The third-order valence-electron chi connectivity index (χ3n) is 2.70. The van der Waals surface area contributed by atoms with Gasteiger partial charge in [0.15, 0.2) is 11.6 Å². The fourth-order valence-electron chi connectivity index (χ4n) is 1.62. The lowest BCUT2D eigenvalue weighted by atomic mass is 10.1. The van der Waals surface area contributed by atoms with E-state index < -0.39 is 17.5 Å². The Kier molecular flexibility index (Phi) is 7.25. The number of ether oxygens (including phenoxy) is 1. The Morgan fingerprint density at radius 1 is 1.33 bits per heavy atom. The smallest absolute Gasteiger partial charge is 0.303 e. The van der Waals surface area contributed by atoms with Crippen molar-refractivity contribution >= 4 is 17.6 Å². The van der Waals surface area contributed by atoms with Crippen molar-refractivity contribution < 1.29 is 24.5 Å². The van der Waals surface area contributed by atoms with Gasteiger partial charge in [-0.1, -0.05) is 0 Å². The minimum absolute atomic E-state index is 0.0368. The van der Waals surface area contributed by atoms with E-state index in [1.807, 2.05) is 0 Å². The van der Waals surface area contributed by atoms with Crippen LogP contribution in [0.2, 0.25) is 0 Å². The number of hydrogen-bond donors (Lipinski definition) is 3. The zero-order chi connectivity index (χ0) is 18.2. The number of nitrogens with zero attached hydrogens (tertiary/aromatic N) is 3. The monoisotopic (exact) mass is 338 g/mol. The maximum atomic E-state index is 11.6. The van der Waals surface area contributed by atoms with Crippen LogP contribution in [0.3, 0.4) is 0 Å². The standard InChI is InChI=1S/C15H22N4O5/c1-10(18-19-12(20)7-15(2,3)23)14-16-8-11(9-17-14)24-6-4-5-13(21)22/h8-9,23H,4-7H2,1-3H3,(H,19,20)(H,21,22)/b18-10+. The van der Waals surface area contributed by atoms with Crippen molar-refractivity contribution in [1.82, 2.24) is 15.4 Å². The number of hydrogen-bond acceptors (Lipinski definition) is 7. The Labute approximate surface area is 139 Å². The first-order chi connectivity index (χ1) is 11.2. The Hall–Kier alpha value is -2.55. The zero-order valence-corrected chi connectivity index (χ0v) is 13.9. The highest BCUT2D eigenvalue weighted by Gasteiger charge is 2.17. The van der Waals surface area contributed by atoms with Crippen molar-refractivity contribution in [2.45, 2.75) is 45.6 Å². The van der Waals surface area contributed by atoms with Gasteiger partial charge in [0.1, 0.15) is 5.71 Å². The number of aliphatic hydroxyl groups is 1. The molecule has 0 saturated heterocycles. The summed E-state index contributed by atoms with van der Waals surface area (Å²) < 4.78 is 5.32. The lowest BCUT2D eigenvalue weighted by Gasteiger charge is -2.14. The van der Waals surface area contributed by atoms with Gasteiger partial charge < -0.3 is 14.9 Å². The van der Waals surface area contributed by atoms with Crippen molar-refractivity contribution in [2.75, 3.05) is 6.61 Å². The molecule has 0 bridgehead atoms. The highest BCUT2D eigenvalue weighted by atomic mass is 16.5. The lowest BCUT2D eigenvalue weighted by molar-refractivity contribution is -0.137. The number of carboxylic acids is 1. The largest absolute Gasteiger partial charge is 0.490 e. The molecule has 0 spiro atoms. The fourth-order valence-corrected chi connectivity index (χ4v) is 1.62. The molecular weight excluding hydrogens is 316 g/mol. The molecule has 0 unspecified atom stereocenters. The second-order valence-corrected chi connectivity index (χ2v) is 5.81. The molecule has 1 amide bonds. The first-order valence-corrected chi connectivity index (χ1v) is 7.40. The number of aliphatic carboxylic acids is 1. The summed E-state index contributed by atoms with van der Waals surface area (Å²) in [5.74, 6) is -0.552. The molecular formula is C15H22N4O5. The van der Waals surface area contributed by atoms with E-state index in [1.165, 1.54) is 26.2 Å². The highest BCUT2D eigenvalue weighted by Crippen LogP contribution is 2.08. The van der Waals surface area contributed by atoms with Crippen molar-refractivity contribution in [3.05, 3.63) is 18.2 Å². The summed E-state index contributed by atoms with van der Waals surface area (Å²) in [5.41, 5.74) is 1.62. The summed E-state index contributed by atoms with van der Waals surface area (Å²) in [7, 11) is 0. The van der Waals surface area contributed by atoms with Gasteiger partial charge in [0.25, 0.3) is 0 Å². The van der Waals surface area contributed by atoms with Gasteiger partial charge in [-0.15, -0.1) is 0 Å². The molecule has 0 radical (unpaired) electrons. The van der Waals surface area contributed by atoms with Crippen LogP contribution in [-0.4, -0.2) is 50.0 Å². The van der Waals surface area contributed by atoms with Crippen LogP contribution < -0.4 is 10.2 Å². The number of hydrazone groups is 1. The van der Waals surface area contributed by atoms with Gasteiger partial charge in [0.05, 0.1) is 31.0 Å². The van der Waals surface area contributed by atoms with Crippen LogP contribution in [0.4, 0.5) is 0 Å². The summed E-state index contributed by atoms with van der Waals surface area (Å²) >= 11 is 0. The van der Waals surface area contributed by atoms with E-state index in [9.17, 15) is 14.7 Å². The van der Waals surface area contributed by atoms with Gasteiger partial charge >= 0.3 is 5.97 Å². The molecule has 1 heterocycles. The minimum atomic E-state index is -1.11. The van der Waals surface area contributed by atoms with Gasteiger partial charge in [-0.25, -0.2) is 15.4 Å². The first-order valence-electron chi connectivity index (χ1n) is 7.40. The van der Waals surface area contributed by atoms with Crippen molar-refractivity contribution in [3.8, 4) is 5.75 Å². The molecule has 9 heteroatoms. The molecule has 0 aliphatic heterocycles. The molecule has 1 aromatic heterocycles. The van der Waals surface area contributed by atoms with Crippen LogP contribution in [-0.2, 0) is 9.59 Å². The van der Waals surface area contributed by atoms with Gasteiger partial charge in [0.2, 0.25) is 5.91 Å². The topological polar surface area (TPSA) is 134 Å². The summed E-state index contributed by atoms with van der Waals surface area (Å²) in [6.07, 6.45) is 3.25. The first kappa shape index (κ1) is 19.5. The quantitative estimate of drug-likeness (QED) is 0.343. The van der Waals surface area contributed by atoms with E-state index in [0.717, 1.165) is 0 Å². The third-order valence-corrected chi connectivity index (χ3v) is 2.70. The van der Waals surface area contributed by atoms with Crippen molar-refractivity contribution in [1.29, 1.82) is 0 Å². The van der Waals surface area contributed by atoms with E-state index >= 15 is 0 Å². The molecule has 0 atom stereocenters. The number of rotatable bonds is 9. The molecule has 0 aromatic carbocycles. The van der Waals surface area contributed by atoms with E-state index in [4.69, 9.17) is 9.84 Å². The predicted molar refractivity (Wildman–Crippen MR) is 85.7 cm³/mol. The SMILES string of the molecule is C/C(=N\NC(=O)CC(C)(C)O)c1ncc(OCCCC(=O)O)cn1. The van der Waals surface area contributed by atoms with Crippen LogP contribution in [0.5, 0.6) is 5.75 Å². The fraction of sp³-hybridized carbons (Fsp3) is 0.533. The van der Waals surface area contributed by atoms with Crippen LogP contribution in [0.1, 0.15) is 45.9 Å². The van der Waals surface area contributed by atoms with Gasteiger partial charge in [-0.3, -0.25) is 9.59 Å². The van der Waals surface area contributed by atoms with Crippen molar-refractivity contribution in [3.63, 3.8) is 0 Å². The second-order valence-electron chi connectivity index (χ2n) is 5.81. The van der Waals surface area contributed by atoms with E-state index in [2.05, 4.69) is 20.5 Å². The van der Waals surface area contributed by atoms with Crippen LogP contribution in [0.15, 0.2) is 17.5 Å². The summed E-state index contributed by atoms with van der Waals surface area (Å²) in [6.45, 7) is 4.95. The highest BCUT2D eigenvalue weighted by molar-refractivity contribution is 5.95. The average Bonchev–Trinajstić information content (AvgIpc) is 2.48. The predicted octanol–water partition coefficient (Wildman–Crippen LogP) is 0.721. The molecule has 0 aliphatic rings. The number of amides is 1. The molecule has 0 fully saturated rings. The van der Waals surface area contributed by atoms with Gasteiger partial charge in [0, 0.05) is 6.42 Å². The van der Waals surface area contributed by atoms with Gasteiger partial charge in [-0.2, -0.15) is 5.10 Å². The molecule has 0 aliphatic carbocycles. The number of nitrogens with one attached hydrogen (secondary N) is 1. The summed E-state index contributed by atoms with van der Waals surface area (Å²) in [4.78, 5) is 30.1. The van der Waals surface area contributed by atoms with E-state index in [-0.39, 0.29) is 19.4 Å². The second kappa shape index (κ2) is 8.92. The molecule has 24 heavy (non-hydrogen) atoms. The van der Waals surface area contributed by atoms with Crippen LogP contribution in [0.25, 0.3) is 0 Å². The minimum Gasteiger partial charge on any atom is -0.490 e. The molecule has 9 nitrogen and oxygen atoms in total. The number of carbonyl (C=O) groups excluding carboxylic acids is 1. The number of aromatic nitrogens is 2. The Morgan fingerprint density at radius 2 is 1.96 bits per heavy atom.